The van der Waals surface area contributed by atoms with Crippen molar-refractivity contribution in [3.05, 3.63) is 34.3 Å². The molecule has 0 aliphatic carbocycles. The lowest BCUT2D eigenvalue weighted by atomic mass is 9.99. The van der Waals surface area contributed by atoms with Gasteiger partial charge >= 0.3 is 0 Å². The minimum Gasteiger partial charge on any atom is -0.311 e. The highest BCUT2D eigenvalue weighted by molar-refractivity contribution is 9.10. The van der Waals surface area contributed by atoms with Gasteiger partial charge in [-0.05, 0) is 43.5 Å². The van der Waals surface area contributed by atoms with E-state index in [-0.39, 0.29) is 0 Å². The molecule has 0 radical (unpaired) electrons. The zero-order valence-electron chi connectivity index (χ0n) is 11.2. The Morgan fingerprint density at radius 2 is 2.00 bits per heavy atom. The number of rotatable bonds is 5. The number of likely N-dealkylation sites (tertiary alicyclic amines) is 1. The molecule has 1 aliphatic rings. The van der Waals surface area contributed by atoms with E-state index in [0.717, 1.165) is 19.0 Å². The van der Waals surface area contributed by atoms with Gasteiger partial charge in [0.2, 0.25) is 0 Å². The highest BCUT2D eigenvalue weighted by Gasteiger charge is 2.14. The zero-order valence-corrected chi connectivity index (χ0v) is 12.7. The summed E-state index contributed by atoms with van der Waals surface area (Å²) in [5.74, 6) is 0.925. The highest BCUT2D eigenvalue weighted by atomic mass is 79.9. The predicted octanol–water partition coefficient (Wildman–Crippen LogP) is 3.27. The summed E-state index contributed by atoms with van der Waals surface area (Å²) in [7, 11) is 0. The van der Waals surface area contributed by atoms with Crippen LogP contribution < -0.4 is 5.32 Å². The molecule has 0 amide bonds. The van der Waals surface area contributed by atoms with Gasteiger partial charge in [-0.1, -0.05) is 41.1 Å². The Hall–Kier alpha value is -0.380. The molecule has 1 fully saturated rings. The average Bonchev–Trinajstić information content (AvgIpc) is 2.39. The maximum atomic E-state index is 3.58. The maximum absolute atomic E-state index is 3.58. The molecule has 18 heavy (non-hydrogen) atoms. The van der Waals surface area contributed by atoms with Crippen LogP contribution in [-0.2, 0) is 6.54 Å². The molecule has 1 heterocycles. The lowest BCUT2D eigenvalue weighted by Crippen LogP contribution is -2.37. The summed E-state index contributed by atoms with van der Waals surface area (Å²) in [5, 5.41) is 3.53. The number of benzene rings is 1. The van der Waals surface area contributed by atoms with Gasteiger partial charge in [-0.2, -0.15) is 0 Å². The smallest absolute Gasteiger partial charge is 0.0220 e. The Labute approximate surface area is 119 Å². The number of piperidine rings is 1. The van der Waals surface area contributed by atoms with E-state index in [4.69, 9.17) is 0 Å². The molecule has 0 unspecified atom stereocenters. The molecule has 1 N–H and O–H groups in total. The quantitative estimate of drug-likeness (QED) is 0.840. The lowest BCUT2D eigenvalue weighted by Gasteiger charge is -2.30. The zero-order chi connectivity index (χ0) is 12.8. The largest absolute Gasteiger partial charge is 0.311 e. The minimum absolute atomic E-state index is 0.925. The molecule has 1 aromatic carbocycles. The van der Waals surface area contributed by atoms with Gasteiger partial charge in [-0.15, -0.1) is 0 Å². The van der Waals surface area contributed by atoms with Gasteiger partial charge in [0, 0.05) is 24.1 Å². The van der Waals surface area contributed by atoms with E-state index in [1.54, 1.807) is 0 Å². The molecule has 0 spiro atoms. The summed E-state index contributed by atoms with van der Waals surface area (Å²) in [6.45, 7) is 8.12. The SMILES string of the molecule is CC1CCN(CCNCc2ccccc2Br)CC1. The van der Waals surface area contributed by atoms with Crippen LogP contribution in [0.4, 0.5) is 0 Å². The van der Waals surface area contributed by atoms with Crippen LogP contribution in [0.1, 0.15) is 25.3 Å². The third kappa shape index (κ3) is 4.38. The molecule has 1 saturated heterocycles. The minimum atomic E-state index is 0.925. The van der Waals surface area contributed by atoms with E-state index in [1.807, 2.05) is 0 Å². The maximum Gasteiger partial charge on any atom is 0.0220 e. The summed E-state index contributed by atoms with van der Waals surface area (Å²) >= 11 is 3.58. The summed E-state index contributed by atoms with van der Waals surface area (Å²) in [5.41, 5.74) is 1.34. The van der Waals surface area contributed by atoms with E-state index in [0.29, 0.717) is 0 Å². The molecule has 0 aromatic heterocycles. The van der Waals surface area contributed by atoms with Crippen molar-refractivity contribution in [1.29, 1.82) is 0 Å². The summed E-state index contributed by atoms with van der Waals surface area (Å²) in [4.78, 5) is 2.58. The summed E-state index contributed by atoms with van der Waals surface area (Å²) in [6, 6.07) is 8.42. The first kappa shape index (κ1) is 14.0. The first-order valence-electron chi connectivity index (χ1n) is 6.92. The van der Waals surface area contributed by atoms with E-state index < -0.39 is 0 Å². The second kappa shape index (κ2) is 7.27. The fourth-order valence-corrected chi connectivity index (χ4v) is 2.81. The normalized spacial score (nSPS) is 18.1. The van der Waals surface area contributed by atoms with Crippen LogP contribution >= 0.6 is 15.9 Å². The Morgan fingerprint density at radius 1 is 1.28 bits per heavy atom. The second-order valence-corrected chi connectivity index (χ2v) is 6.15. The van der Waals surface area contributed by atoms with Crippen LogP contribution in [0.3, 0.4) is 0 Å². The van der Waals surface area contributed by atoms with Crippen LogP contribution in [0.25, 0.3) is 0 Å². The third-order valence-electron chi connectivity index (χ3n) is 3.75. The van der Waals surface area contributed by atoms with Crippen molar-refractivity contribution in [3.63, 3.8) is 0 Å². The van der Waals surface area contributed by atoms with Gasteiger partial charge in [0.15, 0.2) is 0 Å². The fourth-order valence-electron chi connectivity index (χ4n) is 2.39. The molecule has 0 saturated carbocycles. The van der Waals surface area contributed by atoms with Crippen molar-refractivity contribution in [2.75, 3.05) is 26.2 Å². The van der Waals surface area contributed by atoms with Gasteiger partial charge < -0.3 is 10.2 Å². The average molecular weight is 311 g/mol. The van der Waals surface area contributed by atoms with Crippen molar-refractivity contribution in [1.82, 2.24) is 10.2 Å². The van der Waals surface area contributed by atoms with Crippen LogP contribution in [0.5, 0.6) is 0 Å². The summed E-state index contributed by atoms with van der Waals surface area (Å²) in [6.07, 6.45) is 2.73. The molecular weight excluding hydrogens is 288 g/mol. The molecule has 0 atom stereocenters. The monoisotopic (exact) mass is 310 g/mol. The topological polar surface area (TPSA) is 15.3 Å². The third-order valence-corrected chi connectivity index (χ3v) is 4.53. The fraction of sp³-hybridized carbons (Fsp3) is 0.600. The van der Waals surface area contributed by atoms with Gasteiger partial charge in [-0.25, -0.2) is 0 Å². The van der Waals surface area contributed by atoms with E-state index >= 15 is 0 Å². The number of halogens is 1. The molecule has 2 nitrogen and oxygen atoms in total. The number of nitrogens with zero attached hydrogens (tertiary/aromatic N) is 1. The Bertz CT molecular complexity index is 359. The van der Waals surface area contributed by atoms with Crippen LogP contribution in [0, 0.1) is 5.92 Å². The van der Waals surface area contributed by atoms with Gasteiger partial charge in [0.25, 0.3) is 0 Å². The first-order valence-corrected chi connectivity index (χ1v) is 7.71. The Morgan fingerprint density at radius 3 is 2.72 bits per heavy atom. The van der Waals surface area contributed by atoms with Crippen molar-refractivity contribution < 1.29 is 0 Å². The van der Waals surface area contributed by atoms with E-state index in [2.05, 4.69) is 57.3 Å². The number of hydrogen-bond donors (Lipinski definition) is 1. The standard InChI is InChI=1S/C15H23BrN2/c1-13-6-9-18(10-7-13)11-8-17-12-14-4-2-3-5-15(14)16/h2-5,13,17H,6-12H2,1H3. The second-order valence-electron chi connectivity index (χ2n) is 5.29. The molecule has 0 bridgehead atoms. The molecular formula is C15H23BrN2. The Kier molecular flexibility index (Phi) is 5.67. The molecule has 3 heteroatoms. The van der Waals surface area contributed by atoms with Crippen LogP contribution in [0.2, 0.25) is 0 Å². The summed E-state index contributed by atoms with van der Waals surface area (Å²) < 4.78 is 1.20. The van der Waals surface area contributed by atoms with Gasteiger partial charge in [-0.3, -0.25) is 0 Å². The molecule has 1 aromatic rings. The van der Waals surface area contributed by atoms with Crippen LogP contribution in [0.15, 0.2) is 28.7 Å². The van der Waals surface area contributed by atoms with Crippen molar-refractivity contribution in [2.45, 2.75) is 26.3 Å². The van der Waals surface area contributed by atoms with Gasteiger partial charge in [0.05, 0.1) is 0 Å². The predicted molar refractivity (Wildman–Crippen MR) is 80.7 cm³/mol. The lowest BCUT2D eigenvalue weighted by molar-refractivity contribution is 0.193. The number of nitrogens with one attached hydrogen (secondary N) is 1. The highest BCUT2D eigenvalue weighted by Crippen LogP contribution is 2.16. The van der Waals surface area contributed by atoms with Crippen molar-refractivity contribution in [2.24, 2.45) is 5.92 Å². The van der Waals surface area contributed by atoms with E-state index in [9.17, 15) is 0 Å². The molecule has 1 aliphatic heterocycles. The van der Waals surface area contributed by atoms with Crippen LogP contribution in [-0.4, -0.2) is 31.1 Å². The first-order chi connectivity index (χ1) is 8.75. The van der Waals surface area contributed by atoms with Gasteiger partial charge in [0.1, 0.15) is 0 Å². The molecule has 100 valence electrons. The van der Waals surface area contributed by atoms with Crippen molar-refractivity contribution >= 4 is 15.9 Å². The van der Waals surface area contributed by atoms with E-state index in [1.165, 1.54) is 42.5 Å². The number of hydrogen-bond acceptors (Lipinski definition) is 2. The molecule has 2 rings (SSSR count). The Balaban J connectivity index is 1.63. The van der Waals surface area contributed by atoms with Crippen molar-refractivity contribution in [3.8, 4) is 0 Å².